The van der Waals surface area contributed by atoms with E-state index in [1.165, 1.54) is 19.3 Å². The van der Waals surface area contributed by atoms with Gasteiger partial charge in [-0.15, -0.1) is 0 Å². The molecule has 2 aliphatic heterocycles. The highest BCUT2D eigenvalue weighted by Crippen LogP contribution is 2.28. The molecule has 2 aliphatic rings. The number of nitrogens with zero attached hydrogens (tertiary/aromatic N) is 3. The minimum atomic E-state index is -0.930. The van der Waals surface area contributed by atoms with Gasteiger partial charge in [0.1, 0.15) is 5.60 Å². The molecule has 0 unspecified atom stereocenters. The van der Waals surface area contributed by atoms with Crippen LogP contribution in [-0.4, -0.2) is 46.5 Å². The lowest BCUT2D eigenvalue weighted by Gasteiger charge is -2.39. The Bertz CT molecular complexity index is 665. The summed E-state index contributed by atoms with van der Waals surface area (Å²) in [5.74, 6) is 0.753. The summed E-state index contributed by atoms with van der Waals surface area (Å²) in [5.41, 5.74) is 1.54. The molecule has 1 saturated heterocycles. The fourth-order valence-electron chi connectivity index (χ4n) is 3.41. The lowest BCUT2D eigenvalue weighted by molar-refractivity contribution is 0.0600. The van der Waals surface area contributed by atoms with Gasteiger partial charge in [0, 0.05) is 43.9 Å². The predicted octanol–water partition coefficient (Wildman–Crippen LogP) is 3.59. The van der Waals surface area contributed by atoms with Crippen LogP contribution in [0.2, 0.25) is 0 Å². The number of hydrogen-bond acceptors (Lipinski definition) is 5. The zero-order chi connectivity index (χ0) is 18.8. The molecule has 1 aromatic rings. The quantitative estimate of drug-likeness (QED) is 0.875. The topological polar surface area (TPSA) is 58.0 Å². The first-order valence-electron chi connectivity index (χ1n) is 9.56. The van der Waals surface area contributed by atoms with E-state index in [-0.39, 0.29) is 5.54 Å². The molecular formula is C21H31N3O2. The fraction of sp³-hybridized carbons (Fsp3) is 0.619. The van der Waals surface area contributed by atoms with Crippen LogP contribution in [0.3, 0.4) is 0 Å². The summed E-state index contributed by atoms with van der Waals surface area (Å²) in [6, 6.07) is 3.86. The minimum Gasteiger partial charge on any atom is -0.384 e. The van der Waals surface area contributed by atoms with Crippen molar-refractivity contribution in [3.63, 3.8) is 0 Å². The second-order valence-corrected chi connectivity index (χ2v) is 8.46. The molecule has 26 heavy (non-hydrogen) atoms. The van der Waals surface area contributed by atoms with Crippen LogP contribution in [0.5, 0.6) is 0 Å². The van der Waals surface area contributed by atoms with Gasteiger partial charge in [0.15, 0.2) is 0 Å². The number of aliphatic hydroxyl groups is 1. The van der Waals surface area contributed by atoms with Gasteiger partial charge >= 0.3 is 0 Å². The minimum absolute atomic E-state index is 0.0882. The monoisotopic (exact) mass is 357 g/mol. The summed E-state index contributed by atoms with van der Waals surface area (Å²) < 4.78 is 5.47. The molecule has 0 atom stereocenters. The molecule has 0 spiro atoms. The lowest BCUT2D eigenvalue weighted by atomic mass is 9.94. The van der Waals surface area contributed by atoms with Crippen molar-refractivity contribution in [3.05, 3.63) is 35.8 Å². The third-order valence-corrected chi connectivity index (χ3v) is 5.34. The summed E-state index contributed by atoms with van der Waals surface area (Å²) >= 11 is 0. The summed E-state index contributed by atoms with van der Waals surface area (Å²) in [5, 5.41) is 10.1. The molecule has 1 fully saturated rings. The van der Waals surface area contributed by atoms with Crippen molar-refractivity contribution in [2.75, 3.05) is 19.8 Å². The van der Waals surface area contributed by atoms with E-state index in [4.69, 9.17) is 4.74 Å². The summed E-state index contributed by atoms with van der Waals surface area (Å²) in [7, 11) is 0. The standard InChI is InChI=1S/C21H31N3O2/c1-20(2)15-23-18(17-5-6-19(22-13-17)21(3,4)25)14-24(20)10-7-16-8-11-26-12-9-16/h5-6,13-16,25H,7-12H2,1-4H3. The van der Waals surface area contributed by atoms with Gasteiger partial charge in [0.25, 0.3) is 0 Å². The van der Waals surface area contributed by atoms with E-state index in [1.54, 1.807) is 20.0 Å². The van der Waals surface area contributed by atoms with Crippen LogP contribution < -0.4 is 0 Å². The van der Waals surface area contributed by atoms with Gasteiger partial charge in [-0.1, -0.05) is 0 Å². The number of aromatic nitrogens is 1. The molecular weight excluding hydrogens is 326 g/mol. The molecule has 0 aromatic carbocycles. The Morgan fingerprint density at radius 1 is 1.27 bits per heavy atom. The van der Waals surface area contributed by atoms with Crippen LogP contribution in [0.15, 0.2) is 29.5 Å². The van der Waals surface area contributed by atoms with E-state index in [9.17, 15) is 5.11 Å². The second kappa shape index (κ2) is 7.49. The zero-order valence-electron chi connectivity index (χ0n) is 16.4. The van der Waals surface area contributed by atoms with Crippen LogP contribution in [0, 0.1) is 5.92 Å². The molecule has 0 radical (unpaired) electrons. The van der Waals surface area contributed by atoms with Crippen LogP contribution in [0.1, 0.15) is 58.2 Å². The highest BCUT2D eigenvalue weighted by atomic mass is 16.5. The van der Waals surface area contributed by atoms with Gasteiger partial charge in [-0.25, -0.2) is 0 Å². The van der Waals surface area contributed by atoms with Gasteiger partial charge < -0.3 is 14.7 Å². The van der Waals surface area contributed by atoms with E-state index in [0.717, 1.165) is 36.9 Å². The van der Waals surface area contributed by atoms with Crippen molar-refractivity contribution in [3.8, 4) is 0 Å². The van der Waals surface area contributed by atoms with E-state index in [1.807, 2.05) is 18.3 Å². The number of ether oxygens (including phenoxy) is 1. The van der Waals surface area contributed by atoms with Gasteiger partial charge in [-0.3, -0.25) is 9.98 Å². The molecule has 1 N–H and O–H groups in total. The third kappa shape index (κ3) is 4.51. The molecule has 5 heteroatoms. The Labute approximate surface area is 156 Å². The van der Waals surface area contributed by atoms with Crippen LogP contribution in [0.25, 0.3) is 5.70 Å². The molecule has 1 aromatic heterocycles. The molecule has 3 heterocycles. The Balaban J connectivity index is 1.72. The van der Waals surface area contributed by atoms with Crippen LogP contribution in [0.4, 0.5) is 0 Å². The Hall–Kier alpha value is -1.72. The molecule has 0 aliphatic carbocycles. The van der Waals surface area contributed by atoms with E-state index in [2.05, 4.69) is 34.9 Å². The smallest absolute Gasteiger partial charge is 0.101 e. The SMILES string of the molecule is CC(C)(O)c1ccc(C2=CN(CCC3CCOCC3)C(C)(C)C=N2)cn1. The van der Waals surface area contributed by atoms with Crippen LogP contribution in [-0.2, 0) is 10.3 Å². The van der Waals surface area contributed by atoms with Crippen molar-refractivity contribution in [2.45, 2.75) is 58.1 Å². The average Bonchev–Trinajstić information content (AvgIpc) is 2.61. The number of pyridine rings is 1. The summed E-state index contributed by atoms with van der Waals surface area (Å²) in [6.45, 7) is 10.7. The van der Waals surface area contributed by atoms with E-state index < -0.39 is 5.60 Å². The van der Waals surface area contributed by atoms with Gasteiger partial charge in [0.05, 0.1) is 16.9 Å². The maximum Gasteiger partial charge on any atom is 0.101 e. The molecule has 142 valence electrons. The Kier molecular flexibility index (Phi) is 5.49. The van der Waals surface area contributed by atoms with Crippen LogP contribution >= 0.6 is 0 Å². The Morgan fingerprint density at radius 2 is 2.00 bits per heavy atom. The maximum atomic E-state index is 10.1. The number of hydrogen-bond donors (Lipinski definition) is 1. The first-order valence-corrected chi connectivity index (χ1v) is 9.56. The maximum absolute atomic E-state index is 10.1. The van der Waals surface area contributed by atoms with Gasteiger partial charge in [-0.2, -0.15) is 0 Å². The first-order chi connectivity index (χ1) is 12.3. The zero-order valence-corrected chi connectivity index (χ0v) is 16.4. The molecule has 0 bridgehead atoms. The predicted molar refractivity (Wildman–Crippen MR) is 105 cm³/mol. The molecule has 0 amide bonds. The highest BCUT2D eigenvalue weighted by molar-refractivity contribution is 5.81. The fourth-order valence-corrected chi connectivity index (χ4v) is 3.41. The molecule has 0 saturated carbocycles. The lowest BCUT2D eigenvalue weighted by Crippen LogP contribution is -2.44. The van der Waals surface area contributed by atoms with Gasteiger partial charge in [0.2, 0.25) is 0 Å². The van der Waals surface area contributed by atoms with Crippen molar-refractivity contribution >= 4 is 11.9 Å². The largest absolute Gasteiger partial charge is 0.384 e. The van der Waals surface area contributed by atoms with E-state index >= 15 is 0 Å². The number of aliphatic imine (C=N–C) groups is 1. The van der Waals surface area contributed by atoms with Crippen molar-refractivity contribution in [2.24, 2.45) is 10.9 Å². The summed E-state index contributed by atoms with van der Waals surface area (Å²) in [4.78, 5) is 11.5. The highest BCUT2D eigenvalue weighted by Gasteiger charge is 2.27. The third-order valence-electron chi connectivity index (χ3n) is 5.34. The second-order valence-electron chi connectivity index (χ2n) is 8.46. The van der Waals surface area contributed by atoms with Crippen molar-refractivity contribution < 1.29 is 9.84 Å². The first kappa shape index (κ1) is 19.1. The Morgan fingerprint density at radius 3 is 2.62 bits per heavy atom. The van der Waals surface area contributed by atoms with Gasteiger partial charge in [-0.05, 0) is 65.0 Å². The molecule has 5 nitrogen and oxygen atoms in total. The van der Waals surface area contributed by atoms with Crippen molar-refractivity contribution in [1.82, 2.24) is 9.88 Å². The van der Waals surface area contributed by atoms with E-state index in [0.29, 0.717) is 5.69 Å². The normalized spacial score (nSPS) is 21.0. The number of rotatable bonds is 5. The summed E-state index contributed by atoms with van der Waals surface area (Å²) in [6.07, 6.45) is 9.49. The average molecular weight is 357 g/mol. The van der Waals surface area contributed by atoms with Crippen molar-refractivity contribution in [1.29, 1.82) is 0 Å². The molecule has 3 rings (SSSR count).